The Morgan fingerprint density at radius 1 is 1.20 bits per heavy atom. The van der Waals surface area contributed by atoms with Crippen LogP contribution in [0.2, 0.25) is 0 Å². The van der Waals surface area contributed by atoms with Gasteiger partial charge in [0, 0.05) is 11.8 Å². The zero-order valence-electron chi connectivity index (χ0n) is 11.0. The molecule has 0 bridgehead atoms. The second-order valence-corrected chi connectivity index (χ2v) is 4.51. The van der Waals surface area contributed by atoms with Gasteiger partial charge in [0.2, 0.25) is 0 Å². The van der Waals surface area contributed by atoms with Crippen molar-refractivity contribution < 1.29 is 9.53 Å². The van der Waals surface area contributed by atoms with E-state index in [1.165, 1.54) is 5.56 Å². The van der Waals surface area contributed by atoms with E-state index in [-0.39, 0.29) is 0 Å². The van der Waals surface area contributed by atoms with E-state index in [9.17, 15) is 4.79 Å². The van der Waals surface area contributed by atoms with Crippen LogP contribution in [0.15, 0.2) is 42.6 Å². The van der Waals surface area contributed by atoms with E-state index in [1.807, 2.05) is 31.2 Å². The maximum Gasteiger partial charge on any atom is 0.189 e. The quantitative estimate of drug-likeness (QED) is 0.681. The number of benzene rings is 1. The highest BCUT2D eigenvalue weighted by Crippen LogP contribution is 2.13. The van der Waals surface area contributed by atoms with E-state index in [2.05, 4.69) is 10.1 Å². The molecule has 0 radical (unpaired) electrons. The normalized spacial score (nSPS) is 10.7. The van der Waals surface area contributed by atoms with Crippen molar-refractivity contribution in [1.29, 1.82) is 0 Å². The van der Waals surface area contributed by atoms with Gasteiger partial charge in [0.25, 0.3) is 0 Å². The third-order valence-electron chi connectivity index (χ3n) is 2.92. The highest BCUT2D eigenvalue weighted by molar-refractivity contribution is 5.74. The summed E-state index contributed by atoms with van der Waals surface area (Å²) in [5, 5.41) is 4.28. The Morgan fingerprint density at radius 2 is 2.00 bits per heavy atom. The van der Waals surface area contributed by atoms with Crippen LogP contribution >= 0.6 is 0 Å². The molecule has 0 atom stereocenters. The monoisotopic (exact) mass is 267 g/mol. The number of carbonyl (C=O) groups excluding carboxylic acids is 1. The van der Waals surface area contributed by atoms with Gasteiger partial charge in [-0.3, -0.25) is 4.79 Å². The molecule has 100 valence electrons. The predicted octanol–water partition coefficient (Wildman–Crippen LogP) is 2.43. The summed E-state index contributed by atoms with van der Waals surface area (Å²) in [6.07, 6.45) is 2.42. The number of hydrogen-bond acceptors (Lipinski definition) is 4. The lowest BCUT2D eigenvalue weighted by Crippen LogP contribution is -1.98. The molecule has 0 amide bonds. The van der Waals surface area contributed by atoms with Crippen LogP contribution in [0, 0.1) is 6.92 Å². The van der Waals surface area contributed by atoms with Crippen LogP contribution in [0.4, 0.5) is 0 Å². The number of hydrogen-bond donors (Lipinski definition) is 0. The molecule has 0 aliphatic carbocycles. The van der Waals surface area contributed by atoms with Gasteiger partial charge in [0.05, 0.1) is 0 Å². The van der Waals surface area contributed by atoms with Crippen molar-refractivity contribution in [1.82, 2.24) is 14.6 Å². The molecule has 0 fully saturated rings. The van der Waals surface area contributed by atoms with E-state index in [1.54, 1.807) is 22.8 Å². The SMILES string of the molecule is Cc1ccc(OCc2nc3ccc(C=O)cn3n2)cc1. The van der Waals surface area contributed by atoms with Crippen molar-refractivity contribution in [3.63, 3.8) is 0 Å². The summed E-state index contributed by atoms with van der Waals surface area (Å²) in [6, 6.07) is 11.3. The first-order valence-electron chi connectivity index (χ1n) is 6.24. The first kappa shape index (κ1) is 12.3. The molecule has 3 rings (SSSR count). The summed E-state index contributed by atoms with van der Waals surface area (Å²) in [4.78, 5) is 15.0. The topological polar surface area (TPSA) is 56.5 Å². The molecule has 2 aromatic heterocycles. The summed E-state index contributed by atoms with van der Waals surface area (Å²) in [6.45, 7) is 2.32. The van der Waals surface area contributed by atoms with Crippen molar-refractivity contribution in [3.05, 3.63) is 59.5 Å². The van der Waals surface area contributed by atoms with Gasteiger partial charge < -0.3 is 4.74 Å². The summed E-state index contributed by atoms with van der Waals surface area (Å²) in [5.41, 5.74) is 2.44. The van der Waals surface area contributed by atoms with Crippen molar-refractivity contribution in [2.45, 2.75) is 13.5 Å². The number of aryl methyl sites for hydroxylation is 1. The molecule has 0 aliphatic heterocycles. The third-order valence-corrected chi connectivity index (χ3v) is 2.92. The molecule has 0 saturated carbocycles. The minimum atomic E-state index is 0.293. The molecule has 0 N–H and O–H groups in total. The standard InChI is InChI=1S/C15H13N3O2/c1-11-2-5-13(6-3-11)20-10-14-16-15-7-4-12(9-19)8-18(15)17-14/h2-9H,10H2,1H3. The number of fused-ring (bicyclic) bond motifs is 1. The predicted molar refractivity (Wildman–Crippen MR) is 73.9 cm³/mol. The fraction of sp³-hybridized carbons (Fsp3) is 0.133. The Balaban J connectivity index is 1.77. The number of carbonyl (C=O) groups is 1. The Kier molecular flexibility index (Phi) is 3.16. The van der Waals surface area contributed by atoms with Crippen LogP contribution in [-0.2, 0) is 6.61 Å². The molecule has 3 aromatic rings. The van der Waals surface area contributed by atoms with Crippen LogP contribution in [0.1, 0.15) is 21.7 Å². The molecule has 0 saturated heterocycles. The minimum absolute atomic E-state index is 0.293. The molecule has 1 aromatic carbocycles. The highest BCUT2D eigenvalue weighted by Gasteiger charge is 2.05. The summed E-state index contributed by atoms with van der Waals surface area (Å²) < 4.78 is 7.21. The maximum absolute atomic E-state index is 10.7. The van der Waals surface area contributed by atoms with Gasteiger partial charge >= 0.3 is 0 Å². The van der Waals surface area contributed by atoms with Crippen molar-refractivity contribution in [2.24, 2.45) is 0 Å². The number of ether oxygens (including phenoxy) is 1. The van der Waals surface area contributed by atoms with Crippen molar-refractivity contribution in [2.75, 3.05) is 0 Å². The molecule has 2 heterocycles. The largest absolute Gasteiger partial charge is 0.486 e. The molecular weight excluding hydrogens is 254 g/mol. The fourth-order valence-corrected chi connectivity index (χ4v) is 1.86. The molecule has 5 heteroatoms. The van der Waals surface area contributed by atoms with Crippen molar-refractivity contribution >= 4 is 11.9 Å². The summed E-state index contributed by atoms with van der Waals surface area (Å²) >= 11 is 0. The average Bonchev–Trinajstić information content (AvgIpc) is 2.88. The first-order valence-corrected chi connectivity index (χ1v) is 6.24. The van der Waals surface area contributed by atoms with E-state index >= 15 is 0 Å². The molecule has 5 nitrogen and oxygen atoms in total. The maximum atomic E-state index is 10.7. The lowest BCUT2D eigenvalue weighted by Gasteiger charge is -2.03. The first-order chi connectivity index (χ1) is 9.74. The Hall–Kier alpha value is -2.69. The summed E-state index contributed by atoms with van der Waals surface area (Å²) in [5.74, 6) is 1.36. The fourth-order valence-electron chi connectivity index (χ4n) is 1.86. The smallest absolute Gasteiger partial charge is 0.189 e. The zero-order chi connectivity index (χ0) is 13.9. The van der Waals surface area contributed by atoms with Crippen LogP contribution in [0.3, 0.4) is 0 Å². The van der Waals surface area contributed by atoms with Gasteiger partial charge in [-0.2, -0.15) is 0 Å². The van der Waals surface area contributed by atoms with Crippen LogP contribution in [0.25, 0.3) is 5.65 Å². The lowest BCUT2D eigenvalue weighted by atomic mass is 10.2. The molecule has 20 heavy (non-hydrogen) atoms. The molecule has 0 spiro atoms. The van der Waals surface area contributed by atoms with E-state index in [0.29, 0.717) is 23.6 Å². The number of pyridine rings is 1. The number of aromatic nitrogens is 3. The minimum Gasteiger partial charge on any atom is -0.486 e. The van der Waals surface area contributed by atoms with Crippen LogP contribution < -0.4 is 4.74 Å². The second-order valence-electron chi connectivity index (χ2n) is 4.51. The number of aldehydes is 1. The summed E-state index contributed by atoms with van der Waals surface area (Å²) in [7, 11) is 0. The third kappa shape index (κ3) is 2.51. The Bertz CT molecular complexity index is 747. The van der Waals surface area contributed by atoms with Crippen LogP contribution in [0.5, 0.6) is 5.75 Å². The van der Waals surface area contributed by atoms with Gasteiger partial charge in [-0.15, -0.1) is 5.10 Å². The van der Waals surface area contributed by atoms with Gasteiger partial charge in [0.15, 0.2) is 17.8 Å². The Labute approximate surface area is 115 Å². The van der Waals surface area contributed by atoms with Gasteiger partial charge in [-0.25, -0.2) is 9.50 Å². The Morgan fingerprint density at radius 3 is 2.75 bits per heavy atom. The van der Waals surface area contributed by atoms with Gasteiger partial charge in [-0.05, 0) is 31.2 Å². The van der Waals surface area contributed by atoms with Crippen molar-refractivity contribution in [3.8, 4) is 5.75 Å². The van der Waals surface area contributed by atoms with Crippen LogP contribution in [-0.4, -0.2) is 20.9 Å². The molecule has 0 unspecified atom stereocenters. The van der Waals surface area contributed by atoms with Gasteiger partial charge in [-0.1, -0.05) is 17.7 Å². The number of rotatable bonds is 4. The van der Waals surface area contributed by atoms with E-state index in [4.69, 9.17) is 4.74 Å². The lowest BCUT2D eigenvalue weighted by molar-refractivity contribution is 0.112. The second kappa shape index (κ2) is 5.13. The van der Waals surface area contributed by atoms with Gasteiger partial charge in [0.1, 0.15) is 12.4 Å². The molecular formula is C15H13N3O2. The highest BCUT2D eigenvalue weighted by atomic mass is 16.5. The number of nitrogens with zero attached hydrogens (tertiary/aromatic N) is 3. The zero-order valence-corrected chi connectivity index (χ0v) is 11.0. The van der Waals surface area contributed by atoms with E-state index in [0.717, 1.165) is 12.0 Å². The van der Waals surface area contributed by atoms with E-state index < -0.39 is 0 Å². The molecule has 0 aliphatic rings. The average molecular weight is 267 g/mol.